The van der Waals surface area contributed by atoms with E-state index in [4.69, 9.17) is 13.9 Å². The molecule has 4 aromatic rings. The molecule has 168 valence electrons. The van der Waals surface area contributed by atoms with Gasteiger partial charge in [-0.3, -0.25) is 9.59 Å². The van der Waals surface area contributed by atoms with Gasteiger partial charge in [-0.05, 0) is 55.5 Å². The van der Waals surface area contributed by atoms with E-state index in [1.807, 2.05) is 37.3 Å². The number of carbonyl (C=O) groups excluding carboxylic acids is 2. The number of methoxy groups -OCH3 is 1. The third kappa shape index (κ3) is 5.51. The lowest BCUT2D eigenvalue weighted by atomic mass is 10.1. The Kier molecular flexibility index (Phi) is 6.59. The lowest BCUT2D eigenvalue weighted by Gasteiger charge is -2.12. The first-order valence-electron chi connectivity index (χ1n) is 10.5. The molecule has 7 nitrogen and oxygen atoms in total. The number of fused-ring (bicyclic) bond motifs is 1. The highest BCUT2D eigenvalue weighted by Gasteiger charge is 2.15. The third-order valence-electron chi connectivity index (χ3n) is 5.06. The summed E-state index contributed by atoms with van der Waals surface area (Å²) in [6.07, 6.45) is 0. The van der Waals surface area contributed by atoms with Crippen LogP contribution in [0.4, 0.5) is 5.69 Å². The van der Waals surface area contributed by atoms with Crippen LogP contribution in [0.1, 0.15) is 29.1 Å². The Labute approximate surface area is 191 Å². The second kappa shape index (κ2) is 9.91. The van der Waals surface area contributed by atoms with Crippen molar-refractivity contribution in [3.05, 3.63) is 90.2 Å². The number of rotatable bonds is 8. The molecule has 2 N–H and O–H groups in total. The molecule has 0 aliphatic carbocycles. The van der Waals surface area contributed by atoms with Crippen LogP contribution in [-0.2, 0) is 4.79 Å². The molecule has 0 aliphatic rings. The molecule has 0 saturated heterocycles. The summed E-state index contributed by atoms with van der Waals surface area (Å²) in [7, 11) is 1.56. The van der Waals surface area contributed by atoms with Crippen LogP contribution in [0.3, 0.4) is 0 Å². The SMILES string of the molecule is COc1cccc(NC(=O)COc2ccc(C(=O)NC(C)c3cc4ccccc4o3)cc2)c1. The second-order valence-corrected chi connectivity index (χ2v) is 7.47. The fraction of sp³-hybridized carbons (Fsp3) is 0.154. The molecule has 0 spiro atoms. The van der Waals surface area contributed by atoms with Gasteiger partial charge in [-0.2, -0.15) is 0 Å². The molecule has 0 aliphatic heterocycles. The molecule has 0 radical (unpaired) electrons. The average Bonchev–Trinajstić information content (AvgIpc) is 3.28. The second-order valence-electron chi connectivity index (χ2n) is 7.47. The largest absolute Gasteiger partial charge is 0.497 e. The van der Waals surface area contributed by atoms with Crippen molar-refractivity contribution < 1.29 is 23.5 Å². The number of ether oxygens (including phenoxy) is 2. The number of furan rings is 1. The van der Waals surface area contributed by atoms with E-state index >= 15 is 0 Å². The summed E-state index contributed by atoms with van der Waals surface area (Å²) in [5, 5.41) is 6.67. The third-order valence-corrected chi connectivity index (χ3v) is 5.06. The number of para-hydroxylation sites is 1. The summed E-state index contributed by atoms with van der Waals surface area (Å²) in [6, 6.07) is 23.0. The Morgan fingerprint density at radius 2 is 1.73 bits per heavy atom. The fourth-order valence-corrected chi connectivity index (χ4v) is 3.32. The van der Waals surface area contributed by atoms with E-state index in [0.717, 1.165) is 11.0 Å². The van der Waals surface area contributed by atoms with E-state index in [1.165, 1.54) is 0 Å². The van der Waals surface area contributed by atoms with Crippen LogP contribution in [0.25, 0.3) is 11.0 Å². The highest BCUT2D eigenvalue weighted by Crippen LogP contribution is 2.24. The summed E-state index contributed by atoms with van der Waals surface area (Å²) >= 11 is 0. The minimum Gasteiger partial charge on any atom is -0.497 e. The molecular weight excluding hydrogens is 420 g/mol. The Bertz CT molecular complexity index is 1230. The van der Waals surface area contributed by atoms with Crippen LogP contribution in [-0.4, -0.2) is 25.5 Å². The summed E-state index contributed by atoms with van der Waals surface area (Å²) in [5.41, 5.74) is 1.88. The zero-order chi connectivity index (χ0) is 23.2. The van der Waals surface area contributed by atoms with Gasteiger partial charge in [0.15, 0.2) is 6.61 Å². The minimum atomic E-state index is -0.301. The van der Waals surface area contributed by atoms with Gasteiger partial charge in [0.2, 0.25) is 0 Å². The molecule has 4 rings (SSSR count). The fourth-order valence-electron chi connectivity index (χ4n) is 3.32. The maximum absolute atomic E-state index is 12.6. The number of carbonyl (C=O) groups is 2. The first-order chi connectivity index (χ1) is 16.0. The van der Waals surface area contributed by atoms with Gasteiger partial charge in [0.1, 0.15) is 22.8 Å². The van der Waals surface area contributed by atoms with Gasteiger partial charge in [-0.15, -0.1) is 0 Å². The van der Waals surface area contributed by atoms with Crippen LogP contribution < -0.4 is 20.1 Å². The predicted molar refractivity (Wildman–Crippen MR) is 126 cm³/mol. The quantitative estimate of drug-likeness (QED) is 0.401. The Morgan fingerprint density at radius 3 is 2.48 bits per heavy atom. The molecule has 1 heterocycles. The molecule has 1 atom stereocenters. The number of benzene rings is 3. The van der Waals surface area contributed by atoms with E-state index < -0.39 is 0 Å². The Hall–Kier alpha value is -4.26. The Morgan fingerprint density at radius 1 is 0.939 bits per heavy atom. The number of hydrogen-bond donors (Lipinski definition) is 2. The van der Waals surface area contributed by atoms with Gasteiger partial charge >= 0.3 is 0 Å². The van der Waals surface area contributed by atoms with Crippen molar-refractivity contribution >= 4 is 28.5 Å². The molecular formula is C26H24N2O5. The first-order valence-corrected chi connectivity index (χ1v) is 10.5. The van der Waals surface area contributed by atoms with Gasteiger partial charge in [-0.25, -0.2) is 0 Å². The van der Waals surface area contributed by atoms with Gasteiger partial charge in [0, 0.05) is 22.7 Å². The molecule has 1 aromatic heterocycles. The minimum absolute atomic E-state index is 0.161. The van der Waals surface area contributed by atoms with Gasteiger partial charge < -0.3 is 24.5 Å². The summed E-state index contributed by atoms with van der Waals surface area (Å²) < 4.78 is 16.5. The number of amides is 2. The number of hydrogen-bond acceptors (Lipinski definition) is 5. The highest BCUT2D eigenvalue weighted by atomic mass is 16.5. The van der Waals surface area contributed by atoms with Crippen molar-refractivity contribution in [1.29, 1.82) is 0 Å². The maximum atomic E-state index is 12.6. The molecule has 3 aromatic carbocycles. The van der Waals surface area contributed by atoms with E-state index in [1.54, 1.807) is 55.6 Å². The van der Waals surface area contributed by atoms with Crippen molar-refractivity contribution in [3.8, 4) is 11.5 Å². The molecule has 0 saturated carbocycles. The smallest absolute Gasteiger partial charge is 0.262 e. The van der Waals surface area contributed by atoms with Crippen molar-refractivity contribution in [2.75, 3.05) is 19.0 Å². The molecule has 2 amide bonds. The highest BCUT2D eigenvalue weighted by molar-refractivity contribution is 5.94. The molecule has 33 heavy (non-hydrogen) atoms. The molecule has 0 fully saturated rings. The van der Waals surface area contributed by atoms with Crippen molar-refractivity contribution in [1.82, 2.24) is 5.32 Å². The first kappa shape index (κ1) is 22.0. The van der Waals surface area contributed by atoms with Crippen LogP contribution in [0, 0.1) is 0 Å². The lowest BCUT2D eigenvalue weighted by Crippen LogP contribution is -2.26. The normalized spacial score (nSPS) is 11.6. The zero-order valence-corrected chi connectivity index (χ0v) is 18.3. The Balaban J connectivity index is 1.29. The van der Waals surface area contributed by atoms with Crippen molar-refractivity contribution in [2.45, 2.75) is 13.0 Å². The molecule has 0 bridgehead atoms. The van der Waals surface area contributed by atoms with E-state index in [2.05, 4.69) is 10.6 Å². The zero-order valence-electron chi connectivity index (χ0n) is 18.3. The van der Waals surface area contributed by atoms with Crippen molar-refractivity contribution in [3.63, 3.8) is 0 Å². The van der Waals surface area contributed by atoms with Crippen LogP contribution in [0.2, 0.25) is 0 Å². The van der Waals surface area contributed by atoms with Crippen LogP contribution >= 0.6 is 0 Å². The lowest BCUT2D eigenvalue weighted by molar-refractivity contribution is -0.118. The summed E-state index contributed by atoms with van der Waals surface area (Å²) in [6.45, 7) is 1.71. The average molecular weight is 444 g/mol. The summed E-state index contributed by atoms with van der Waals surface area (Å²) in [5.74, 6) is 1.29. The standard InChI is InChI=1S/C26H24N2O5/c1-17(24-14-19-6-3-4-9-23(19)33-24)27-26(30)18-10-12-21(13-11-18)32-16-25(29)28-20-7-5-8-22(15-20)31-2/h3-15,17H,16H2,1-2H3,(H,27,30)(H,28,29). The predicted octanol–water partition coefficient (Wildman–Crippen LogP) is 4.95. The molecule has 7 heteroatoms. The van der Waals surface area contributed by atoms with Gasteiger partial charge in [0.25, 0.3) is 11.8 Å². The number of anilines is 1. The van der Waals surface area contributed by atoms with E-state index in [0.29, 0.717) is 28.5 Å². The maximum Gasteiger partial charge on any atom is 0.262 e. The number of nitrogens with one attached hydrogen (secondary N) is 2. The van der Waals surface area contributed by atoms with Crippen LogP contribution in [0.5, 0.6) is 11.5 Å². The monoisotopic (exact) mass is 444 g/mol. The topological polar surface area (TPSA) is 89.8 Å². The summed E-state index contributed by atoms with van der Waals surface area (Å²) in [4.78, 5) is 24.7. The van der Waals surface area contributed by atoms with E-state index in [9.17, 15) is 9.59 Å². The van der Waals surface area contributed by atoms with Crippen molar-refractivity contribution in [2.24, 2.45) is 0 Å². The van der Waals surface area contributed by atoms with E-state index in [-0.39, 0.29) is 24.5 Å². The van der Waals surface area contributed by atoms with Crippen LogP contribution in [0.15, 0.2) is 83.3 Å². The van der Waals surface area contributed by atoms with Gasteiger partial charge in [0.05, 0.1) is 13.2 Å². The van der Waals surface area contributed by atoms with Gasteiger partial charge in [-0.1, -0.05) is 24.3 Å². The molecule has 1 unspecified atom stereocenters.